The molecule has 0 aliphatic carbocycles. The molecule has 0 aromatic rings. The first-order chi connectivity index (χ1) is 7.56. The van der Waals surface area contributed by atoms with E-state index >= 15 is 0 Å². The minimum absolute atomic E-state index is 0.712. The van der Waals surface area contributed by atoms with Crippen LogP contribution in [0.1, 0.15) is 0 Å². The van der Waals surface area contributed by atoms with Crippen LogP contribution in [0.5, 0.6) is 0 Å². The molecule has 0 heterocycles. The molecule has 106 valence electrons. The molecular formula is C5F10NOP. The van der Waals surface area contributed by atoms with E-state index in [2.05, 4.69) is 0 Å². The van der Waals surface area contributed by atoms with Gasteiger partial charge >= 0.3 is 30.8 Å². The molecule has 0 saturated heterocycles. The average Bonchev–Trinajstić information content (AvgIpc) is 2.12. The van der Waals surface area contributed by atoms with Gasteiger partial charge < -0.3 is 0 Å². The number of nitrogens with zero attached hydrogens (tertiary/aromatic N) is 1. The summed E-state index contributed by atoms with van der Waals surface area (Å²) in [5.74, 6) is -0.712. The predicted octanol–water partition coefficient (Wildman–Crippen LogP) is 4.14. The lowest BCUT2D eigenvalue weighted by Gasteiger charge is -2.30. The first-order valence-corrected chi connectivity index (χ1v) is 5.17. The minimum Gasteiger partial charge on any atom is -0.294 e. The van der Waals surface area contributed by atoms with Crippen molar-refractivity contribution in [2.24, 2.45) is 0 Å². The van der Waals surface area contributed by atoms with Gasteiger partial charge in [-0.05, 0) is 0 Å². The molecule has 0 aromatic carbocycles. The number of halogens is 10. The van der Waals surface area contributed by atoms with Crippen molar-refractivity contribution in [1.29, 1.82) is 5.26 Å². The van der Waals surface area contributed by atoms with Crippen LogP contribution in [0.25, 0.3) is 0 Å². The summed E-state index contributed by atoms with van der Waals surface area (Å²) in [5.41, 5.74) is -14.0. The van der Waals surface area contributed by atoms with E-state index in [1.807, 2.05) is 0 Å². The van der Waals surface area contributed by atoms with Crippen LogP contribution in [0.4, 0.5) is 43.9 Å². The molecule has 0 radical (unpaired) electrons. The fourth-order valence-electron chi connectivity index (χ4n) is 0.659. The van der Waals surface area contributed by atoms with Gasteiger partial charge in [0.2, 0.25) is 0 Å². The summed E-state index contributed by atoms with van der Waals surface area (Å²) in [4.78, 5) is 0. The first kappa shape index (κ1) is 17.0. The lowest BCUT2D eigenvalue weighted by molar-refractivity contribution is -0.265. The van der Waals surface area contributed by atoms with Gasteiger partial charge in [0.05, 0.1) is 0 Å². The fraction of sp³-hybridized carbons (Fsp3) is 0.800. The van der Waals surface area contributed by atoms with Gasteiger partial charge in [-0.2, -0.15) is 49.2 Å². The molecule has 0 N–H and O–H groups in total. The number of nitriles is 1. The highest BCUT2D eigenvalue weighted by molar-refractivity contribution is 7.71. The van der Waals surface area contributed by atoms with Crippen LogP contribution in [0.3, 0.4) is 0 Å². The Labute approximate surface area is 91.5 Å². The molecule has 0 aliphatic heterocycles. The second kappa shape index (κ2) is 4.01. The lowest BCUT2D eigenvalue weighted by atomic mass is 10.7. The third-order valence-electron chi connectivity index (χ3n) is 1.61. The summed E-state index contributed by atoms with van der Waals surface area (Å²) in [7, 11) is -7.96. The highest BCUT2D eigenvalue weighted by Crippen LogP contribution is 2.76. The number of alkyl halides is 10. The van der Waals surface area contributed by atoms with Crippen molar-refractivity contribution in [2.45, 2.75) is 23.7 Å². The Bertz CT molecular complexity index is 383. The minimum atomic E-state index is -7.96. The molecule has 0 bridgehead atoms. The second-order valence-electron chi connectivity index (χ2n) is 2.79. The summed E-state index contributed by atoms with van der Waals surface area (Å²) in [5, 5.41) is 7.71. The Balaban J connectivity index is 6.17. The molecule has 0 atom stereocenters. The van der Waals surface area contributed by atoms with Crippen molar-refractivity contribution < 1.29 is 48.5 Å². The van der Waals surface area contributed by atoms with Crippen molar-refractivity contribution in [3.63, 3.8) is 0 Å². The zero-order chi connectivity index (χ0) is 15.2. The zero-order valence-electron chi connectivity index (χ0n) is 7.58. The van der Waals surface area contributed by atoms with E-state index in [0.717, 1.165) is 0 Å². The van der Waals surface area contributed by atoms with Gasteiger partial charge in [-0.15, -0.1) is 0 Å². The number of rotatable bonds is 2. The maximum atomic E-state index is 12.4. The van der Waals surface area contributed by atoms with Crippen molar-refractivity contribution in [3.05, 3.63) is 0 Å². The SMILES string of the molecule is N#CP(=O)(C(F)(F)C(F)(F)F)C(F)(F)C(F)(F)F. The molecule has 0 aliphatic rings. The Morgan fingerprint density at radius 1 is 0.722 bits per heavy atom. The van der Waals surface area contributed by atoms with Gasteiger partial charge in [0.25, 0.3) is 0 Å². The van der Waals surface area contributed by atoms with Crippen molar-refractivity contribution in [1.82, 2.24) is 0 Å². The predicted molar refractivity (Wildman–Crippen MR) is 35.2 cm³/mol. The van der Waals surface area contributed by atoms with E-state index in [0.29, 0.717) is 0 Å². The molecule has 0 spiro atoms. The molecule has 0 rings (SSSR count). The van der Waals surface area contributed by atoms with E-state index in [1.165, 1.54) is 0 Å². The number of hydrogen-bond donors (Lipinski definition) is 0. The monoisotopic (exact) mass is 311 g/mol. The van der Waals surface area contributed by atoms with Gasteiger partial charge in [0.1, 0.15) is 5.81 Å². The smallest absolute Gasteiger partial charge is 0.294 e. The highest BCUT2D eigenvalue weighted by atomic mass is 31.2. The summed E-state index contributed by atoms with van der Waals surface area (Å²) >= 11 is 0. The largest absolute Gasteiger partial charge is 0.462 e. The van der Waals surface area contributed by atoms with Crippen LogP contribution in [0.15, 0.2) is 0 Å². The summed E-state index contributed by atoms with van der Waals surface area (Å²) in [6.45, 7) is 0. The molecule has 18 heavy (non-hydrogen) atoms. The van der Waals surface area contributed by atoms with Gasteiger partial charge in [-0.25, -0.2) is 0 Å². The third kappa shape index (κ3) is 2.04. The van der Waals surface area contributed by atoms with E-state index in [9.17, 15) is 48.5 Å². The lowest BCUT2D eigenvalue weighted by Crippen LogP contribution is -2.46. The molecule has 2 nitrogen and oxygen atoms in total. The first-order valence-electron chi connectivity index (χ1n) is 3.47. The fourth-order valence-corrected chi connectivity index (χ4v) is 1.98. The zero-order valence-corrected chi connectivity index (χ0v) is 8.48. The quantitative estimate of drug-likeness (QED) is 0.568. The standard InChI is InChI=1S/C5F10NOP/c6-2(7,8)4(12,13)18(17,1-16)5(14,15)3(9,10)11. The van der Waals surface area contributed by atoms with Crippen LogP contribution < -0.4 is 0 Å². The van der Waals surface area contributed by atoms with Crippen molar-refractivity contribution in [3.8, 4) is 5.81 Å². The molecule has 0 saturated carbocycles. The Hall–Kier alpha value is -0.980. The van der Waals surface area contributed by atoms with Crippen molar-refractivity contribution >= 4 is 7.14 Å². The molecule has 0 aromatic heterocycles. The van der Waals surface area contributed by atoms with Crippen LogP contribution in [0, 0.1) is 11.1 Å². The van der Waals surface area contributed by atoms with Crippen LogP contribution >= 0.6 is 7.14 Å². The van der Waals surface area contributed by atoms with Gasteiger partial charge in [-0.3, -0.25) is 4.57 Å². The summed E-state index contributed by atoms with van der Waals surface area (Å²) in [6, 6.07) is 0. The van der Waals surface area contributed by atoms with Crippen LogP contribution in [0.2, 0.25) is 0 Å². The third-order valence-corrected chi connectivity index (χ3v) is 3.98. The normalized spacial score (nSPS) is 15.4. The molecule has 0 amide bonds. The Kier molecular flexibility index (Phi) is 3.79. The van der Waals surface area contributed by atoms with Gasteiger partial charge in [0, 0.05) is 0 Å². The van der Waals surface area contributed by atoms with Gasteiger partial charge in [0.15, 0.2) is 0 Å². The summed E-state index contributed by atoms with van der Waals surface area (Å²) < 4.78 is 130. The van der Waals surface area contributed by atoms with Crippen LogP contribution in [-0.4, -0.2) is 23.7 Å². The molecular weight excluding hydrogens is 311 g/mol. The average molecular weight is 311 g/mol. The Morgan fingerprint density at radius 2 is 0.944 bits per heavy atom. The van der Waals surface area contributed by atoms with E-state index in [4.69, 9.17) is 5.26 Å². The summed E-state index contributed by atoms with van der Waals surface area (Å²) in [6.07, 6.45) is -14.0. The van der Waals surface area contributed by atoms with Gasteiger partial charge in [-0.1, -0.05) is 0 Å². The molecule has 13 heteroatoms. The molecule has 0 unspecified atom stereocenters. The maximum Gasteiger partial charge on any atom is 0.462 e. The maximum absolute atomic E-state index is 12.4. The van der Waals surface area contributed by atoms with E-state index in [-0.39, 0.29) is 0 Å². The van der Waals surface area contributed by atoms with Crippen molar-refractivity contribution in [2.75, 3.05) is 0 Å². The second-order valence-corrected chi connectivity index (χ2v) is 5.33. The highest BCUT2D eigenvalue weighted by Gasteiger charge is 2.84. The van der Waals surface area contributed by atoms with E-state index in [1.54, 1.807) is 0 Å². The molecule has 0 fully saturated rings. The number of hydrogen-bond acceptors (Lipinski definition) is 2. The topological polar surface area (TPSA) is 40.9 Å². The Morgan fingerprint density at radius 3 is 1.06 bits per heavy atom. The van der Waals surface area contributed by atoms with E-state index < -0.39 is 36.6 Å². The van der Waals surface area contributed by atoms with Crippen LogP contribution in [-0.2, 0) is 4.57 Å².